The van der Waals surface area contributed by atoms with Crippen LogP contribution in [0.4, 0.5) is 8.78 Å². The summed E-state index contributed by atoms with van der Waals surface area (Å²) in [6, 6.07) is 1.79. The standard InChI is InChI=1S/C10H8F2O4/c11-7-2-5(3-8(13)14)1-6(10(7)12)4-9(15)16/h1-2H,3-4H2,(H,13,14)(H,15,16). The molecule has 0 aromatic heterocycles. The van der Waals surface area contributed by atoms with Gasteiger partial charge in [0.15, 0.2) is 11.6 Å². The predicted molar refractivity (Wildman–Crippen MR) is 49.0 cm³/mol. The molecule has 0 heterocycles. The van der Waals surface area contributed by atoms with Crippen LogP contribution in [0.15, 0.2) is 12.1 Å². The molecule has 0 saturated carbocycles. The summed E-state index contributed by atoms with van der Waals surface area (Å²) in [5.41, 5.74) is -0.327. The van der Waals surface area contributed by atoms with E-state index in [0.29, 0.717) is 0 Å². The quantitative estimate of drug-likeness (QED) is 0.815. The van der Waals surface area contributed by atoms with Crippen molar-refractivity contribution < 1.29 is 28.6 Å². The fourth-order valence-electron chi connectivity index (χ4n) is 1.28. The molecule has 0 unspecified atom stereocenters. The maximum Gasteiger partial charge on any atom is 0.307 e. The van der Waals surface area contributed by atoms with Crippen LogP contribution < -0.4 is 0 Å². The minimum Gasteiger partial charge on any atom is -0.481 e. The van der Waals surface area contributed by atoms with Crippen LogP contribution in [0.2, 0.25) is 0 Å². The number of aliphatic carboxylic acids is 2. The van der Waals surface area contributed by atoms with Crippen molar-refractivity contribution in [3.05, 3.63) is 34.9 Å². The SMILES string of the molecule is O=C(O)Cc1cc(F)c(F)c(CC(=O)O)c1. The highest BCUT2D eigenvalue weighted by Gasteiger charge is 2.14. The minimum absolute atomic E-state index is 0.0302. The van der Waals surface area contributed by atoms with Gasteiger partial charge < -0.3 is 10.2 Å². The largest absolute Gasteiger partial charge is 0.481 e. The highest BCUT2D eigenvalue weighted by molar-refractivity contribution is 5.72. The number of hydrogen-bond donors (Lipinski definition) is 2. The lowest BCUT2D eigenvalue weighted by molar-refractivity contribution is -0.137. The lowest BCUT2D eigenvalue weighted by Gasteiger charge is -2.04. The zero-order valence-corrected chi connectivity index (χ0v) is 8.04. The van der Waals surface area contributed by atoms with Gasteiger partial charge in [0, 0.05) is 5.56 Å². The molecule has 1 aromatic rings. The normalized spacial score (nSPS) is 10.1. The van der Waals surface area contributed by atoms with Crippen molar-refractivity contribution in [3.8, 4) is 0 Å². The number of benzene rings is 1. The van der Waals surface area contributed by atoms with Gasteiger partial charge in [-0.2, -0.15) is 0 Å². The van der Waals surface area contributed by atoms with E-state index in [1.54, 1.807) is 0 Å². The van der Waals surface area contributed by atoms with Crippen LogP contribution in [0.5, 0.6) is 0 Å². The van der Waals surface area contributed by atoms with E-state index in [-0.39, 0.29) is 11.1 Å². The molecule has 0 atom stereocenters. The Morgan fingerprint density at radius 3 is 2.12 bits per heavy atom. The molecule has 0 saturated heterocycles. The van der Waals surface area contributed by atoms with E-state index in [0.717, 1.165) is 12.1 Å². The lowest BCUT2D eigenvalue weighted by Crippen LogP contribution is -2.07. The second-order valence-corrected chi connectivity index (χ2v) is 3.19. The van der Waals surface area contributed by atoms with Crippen molar-refractivity contribution in [1.29, 1.82) is 0 Å². The molecule has 0 spiro atoms. The number of hydrogen-bond acceptors (Lipinski definition) is 2. The third-order valence-corrected chi connectivity index (χ3v) is 1.86. The highest BCUT2D eigenvalue weighted by Crippen LogP contribution is 2.16. The predicted octanol–water partition coefficient (Wildman–Crippen LogP) is 1.22. The summed E-state index contributed by atoms with van der Waals surface area (Å²) in [5.74, 6) is -5.01. The molecule has 0 fully saturated rings. The topological polar surface area (TPSA) is 74.6 Å². The van der Waals surface area contributed by atoms with Crippen molar-refractivity contribution in [2.24, 2.45) is 0 Å². The Hall–Kier alpha value is -1.98. The maximum absolute atomic E-state index is 13.1. The number of carbonyl (C=O) groups is 2. The van der Waals surface area contributed by atoms with Gasteiger partial charge >= 0.3 is 11.9 Å². The Kier molecular flexibility index (Phi) is 3.55. The van der Waals surface area contributed by atoms with Crippen LogP contribution >= 0.6 is 0 Å². The molecule has 6 heteroatoms. The van der Waals surface area contributed by atoms with Crippen molar-refractivity contribution >= 4 is 11.9 Å². The molecule has 0 aliphatic heterocycles. The summed E-state index contributed by atoms with van der Waals surface area (Å²) in [4.78, 5) is 20.7. The second kappa shape index (κ2) is 4.69. The van der Waals surface area contributed by atoms with Crippen LogP contribution in [-0.4, -0.2) is 22.2 Å². The summed E-state index contributed by atoms with van der Waals surface area (Å²) in [5, 5.41) is 16.9. The minimum atomic E-state index is -1.31. The third-order valence-electron chi connectivity index (χ3n) is 1.86. The molecule has 0 radical (unpaired) electrons. The first-order chi connectivity index (χ1) is 7.40. The van der Waals surface area contributed by atoms with Gasteiger partial charge in [-0.05, 0) is 11.6 Å². The van der Waals surface area contributed by atoms with Crippen LogP contribution in [0, 0.1) is 11.6 Å². The number of halogens is 2. The van der Waals surface area contributed by atoms with Gasteiger partial charge in [-0.15, -0.1) is 0 Å². The average Bonchev–Trinajstić information content (AvgIpc) is 2.11. The zero-order valence-electron chi connectivity index (χ0n) is 8.04. The molecule has 1 aromatic carbocycles. The first kappa shape index (κ1) is 12.1. The number of carboxylic acid groups (broad SMARTS) is 2. The van der Waals surface area contributed by atoms with Gasteiger partial charge in [-0.1, -0.05) is 6.07 Å². The molecule has 0 aliphatic carbocycles. The van der Waals surface area contributed by atoms with Gasteiger partial charge in [-0.3, -0.25) is 9.59 Å². The lowest BCUT2D eigenvalue weighted by atomic mass is 10.0. The fraction of sp³-hybridized carbons (Fsp3) is 0.200. The molecule has 2 N–H and O–H groups in total. The van der Waals surface area contributed by atoms with Crippen LogP contribution in [0.3, 0.4) is 0 Å². The Labute approximate surface area is 89.1 Å². The van der Waals surface area contributed by atoms with E-state index in [9.17, 15) is 18.4 Å². The Balaban J connectivity index is 3.11. The average molecular weight is 230 g/mol. The molecular formula is C10H8F2O4. The number of carboxylic acids is 2. The van der Waals surface area contributed by atoms with E-state index >= 15 is 0 Å². The second-order valence-electron chi connectivity index (χ2n) is 3.19. The van der Waals surface area contributed by atoms with Crippen molar-refractivity contribution in [2.45, 2.75) is 12.8 Å². The first-order valence-electron chi connectivity index (χ1n) is 4.30. The van der Waals surface area contributed by atoms with Gasteiger partial charge in [0.2, 0.25) is 0 Å². The summed E-state index contributed by atoms with van der Waals surface area (Å²) >= 11 is 0. The molecule has 0 aliphatic rings. The highest BCUT2D eigenvalue weighted by atomic mass is 19.2. The first-order valence-corrected chi connectivity index (χ1v) is 4.30. The Morgan fingerprint density at radius 1 is 1.06 bits per heavy atom. The Morgan fingerprint density at radius 2 is 1.62 bits per heavy atom. The van der Waals surface area contributed by atoms with Crippen molar-refractivity contribution in [1.82, 2.24) is 0 Å². The molecule has 86 valence electrons. The van der Waals surface area contributed by atoms with Crippen molar-refractivity contribution in [2.75, 3.05) is 0 Å². The number of rotatable bonds is 4. The molecule has 0 amide bonds. The van der Waals surface area contributed by atoms with E-state index < -0.39 is 36.4 Å². The molecule has 16 heavy (non-hydrogen) atoms. The van der Waals surface area contributed by atoms with E-state index in [4.69, 9.17) is 10.2 Å². The molecule has 4 nitrogen and oxygen atoms in total. The van der Waals surface area contributed by atoms with E-state index in [1.165, 1.54) is 0 Å². The summed E-state index contributed by atoms with van der Waals surface area (Å²) in [7, 11) is 0. The van der Waals surface area contributed by atoms with Crippen LogP contribution in [0.25, 0.3) is 0 Å². The van der Waals surface area contributed by atoms with Crippen LogP contribution in [-0.2, 0) is 22.4 Å². The smallest absolute Gasteiger partial charge is 0.307 e. The van der Waals surface area contributed by atoms with Gasteiger partial charge in [0.1, 0.15) is 0 Å². The van der Waals surface area contributed by atoms with Gasteiger partial charge in [0.25, 0.3) is 0 Å². The van der Waals surface area contributed by atoms with Crippen molar-refractivity contribution in [3.63, 3.8) is 0 Å². The van der Waals surface area contributed by atoms with Gasteiger partial charge in [-0.25, -0.2) is 8.78 Å². The van der Waals surface area contributed by atoms with Gasteiger partial charge in [0.05, 0.1) is 12.8 Å². The monoisotopic (exact) mass is 230 g/mol. The van der Waals surface area contributed by atoms with E-state index in [2.05, 4.69) is 0 Å². The molecule has 1 rings (SSSR count). The van der Waals surface area contributed by atoms with Crippen LogP contribution in [0.1, 0.15) is 11.1 Å². The fourth-order valence-corrected chi connectivity index (χ4v) is 1.28. The third kappa shape index (κ3) is 3.01. The zero-order chi connectivity index (χ0) is 12.3. The maximum atomic E-state index is 13.1. The summed E-state index contributed by atoms with van der Waals surface area (Å²) < 4.78 is 26.1. The molecule has 0 bridgehead atoms. The summed E-state index contributed by atoms with van der Waals surface area (Å²) in [6.45, 7) is 0. The summed E-state index contributed by atoms with van der Waals surface area (Å²) in [6.07, 6.45) is -1.17. The Bertz CT molecular complexity index is 443. The molecular weight excluding hydrogens is 222 g/mol. The van der Waals surface area contributed by atoms with E-state index in [1.807, 2.05) is 0 Å².